The lowest BCUT2D eigenvalue weighted by Crippen LogP contribution is -2.18. The molecule has 1 aliphatic carbocycles. The third kappa shape index (κ3) is 2.32. The van der Waals surface area contributed by atoms with Gasteiger partial charge in [-0.15, -0.1) is 0 Å². The van der Waals surface area contributed by atoms with Gasteiger partial charge >= 0.3 is 0 Å². The monoisotopic (exact) mass is 216 g/mol. The average Bonchev–Trinajstić information content (AvgIpc) is 2.28. The summed E-state index contributed by atoms with van der Waals surface area (Å²) in [7, 11) is 0. The smallest absolute Gasteiger partial charge is 0.161 e. The predicted octanol–water partition coefficient (Wildman–Crippen LogP) is 3.16. The van der Waals surface area contributed by atoms with Crippen LogP contribution in [-0.2, 0) is 4.79 Å². The molecular weight excluding hydrogens is 200 g/mol. The molecule has 0 heterocycles. The summed E-state index contributed by atoms with van der Waals surface area (Å²) in [5, 5.41) is 9.17. The Balaban J connectivity index is 2.23. The van der Waals surface area contributed by atoms with E-state index in [1.807, 2.05) is 25.1 Å². The fraction of sp³-hybridized carbons (Fsp3) is 0.357. The van der Waals surface area contributed by atoms with Crippen LogP contribution < -0.4 is 0 Å². The highest BCUT2D eigenvalue weighted by Crippen LogP contribution is 2.26. The van der Waals surface area contributed by atoms with Crippen LogP contribution >= 0.6 is 0 Å². The van der Waals surface area contributed by atoms with Gasteiger partial charge in [-0.05, 0) is 48.6 Å². The molecule has 0 aromatic heterocycles. The summed E-state index contributed by atoms with van der Waals surface area (Å²) in [6, 6.07) is 6.94. The minimum absolute atomic E-state index is 0.164. The van der Waals surface area contributed by atoms with Gasteiger partial charge < -0.3 is 5.11 Å². The summed E-state index contributed by atoms with van der Waals surface area (Å²) in [6.45, 7) is 1.99. The Labute approximate surface area is 95.6 Å². The largest absolute Gasteiger partial charge is 0.508 e. The first-order valence-electron chi connectivity index (χ1n) is 5.70. The third-order valence-electron chi connectivity index (χ3n) is 3.08. The van der Waals surface area contributed by atoms with E-state index in [0.29, 0.717) is 0 Å². The standard InChI is InChI=1S/C14H16O2/c1-10-3-2-4-12(14(10)16)9-11-5-7-13(15)8-6-11/h5-10,15H,2-4H2,1H3/b12-9-. The number of phenolic OH excluding ortho intramolecular Hbond substituents is 1. The molecule has 0 spiro atoms. The van der Waals surface area contributed by atoms with E-state index >= 15 is 0 Å². The van der Waals surface area contributed by atoms with Crippen LogP contribution in [0.1, 0.15) is 31.7 Å². The fourth-order valence-electron chi connectivity index (χ4n) is 2.08. The molecule has 1 aromatic rings. The Hall–Kier alpha value is -1.57. The van der Waals surface area contributed by atoms with E-state index in [9.17, 15) is 4.79 Å². The average molecular weight is 216 g/mol. The number of aromatic hydroxyl groups is 1. The van der Waals surface area contributed by atoms with Crippen LogP contribution in [0.25, 0.3) is 6.08 Å². The SMILES string of the molecule is CC1CCC/C(=C/c2ccc(O)cc2)C1=O. The van der Waals surface area contributed by atoms with Gasteiger partial charge in [0.2, 0.25) is 0 Å². The van der Waals surface area contributed by atoms with Gasteiger partial charge in [0.15, 0.2) is 5.78 Å². The maximum absolute atomic E-state index is 11.9. The van der Waals surface area contributed by atoms with Crippen molar-refractivity contribution in [2.75, 3.05) is 0 Å². The van der Waals surface area contributed by atoms with Crippen molar-refractivity contribution in [3.63, 3.8) is 0 Å². The lowest BCUT2D eigenvalue weighted by molar-refractivity contribution is -0.119. The number of rotatable bonds is 1. The molecule has 1 N–H and O–H groups in total. The van der Waals surface area contributed by atoms with Crippen LogP contribution in [-0.4, -0.2) is 10.9 Å². The minimum atomic E-state index is 0.164. The zero-order valence-corrected chi connectivity index (χ0v) is 9.44. The normalized spacial score (nSPS) is 23.7. The molecule has 0 amide bonds. The van der Waals surface area contributed by atoms with Gasteiger partial charge in [0.1, 0.15) is 5.75 Å². The predicted molar refractivity (Wildman–Crippen MR) is 64.1 cm³/mol. The third-order valence-corrected chi connectivity index (χ3v) is 3.08. The van der Waals surface area contributed by atoms with Gasteiger partial charge in [-0.3, -0.25) is 4.79 Å². The van der Waals surface area contributed by atoms with Crippen molar-refractivity contribution >= 4 is 11.9 Å². The van der Waals surface area contributed by atoms with Gasteiger partial charge in [0.05, 0.1) is 0 Å². The second kappa shape index (κ2) is 4.52. The van der Waals surface area contributed by atoms with Crippen LogP contribution in [0.3, 0.4) is 0 Å². The second-order valence-corrected chi connectivity index (χ2v) is 4.42. The number of hydrogen-bond acceptors (Lipinski definition) is 2. The van der Waals surface area contributed by atoms with E-state index in [1.54, 1.807) is 12.1 Å². The van der Waals surface area contributed by atoms with Crippen molar-refractivity contribution in [1.82, 2.24) is 0 Å². The Morgan fingerprint density at radius 1 is 1.31 bits per heavy atom. The number of Topliss-reactive ketones (excluding diaryl/α,β-unsaturated/α-hetero) is 1. The first kappa shape index (κ1) is 10.9. The van der Waals surface area contributed by atoms with Crippen molar-refractivity contribution in [3.05, 3.63) is 35.4 Å². The van der Waals surface area contributed by atoms with Crippen molar-refractivity contribution < 1.29 is 9.90 Å². The first-order valence-corrected chi connectivity index (χ1v) is 5.70. The lowest BCUT2D eigenvalue weighted by Gasteiger charge is -2.19. The molecule has 84 valence electrons. The van der Waals surface area contributed by atoms with Crippen LogP contribution in [0.2, 0.25) is 0 Å². The molecule has 0 radical (unpaired) electrons. The summed E-state index contributed by atoms with van der Waals surface area (Å²) >= 11 is 0. The van der Waals surface area contributed by atoms with Crippen molar-refractivity contribution in [2.24, 2.45) is 5.92 Å². The van der Waals surface area contributed by atoms with Gasteiger partial charge in [-0.2, -0.15) is 0 Å². The minimum Gasteiger partial charge on any atom is -0.508 e. The van der Waals surface area contributed by atoms with E-state index in [4.69, 9.17) is 5.11 Å². The van der Waals surface area contributed by atoms with E-state index in [2.05, 4.69) is 0 Å². The molecule has 1 aromatic carbocycles. The molecular formula is C14H16O2. The zero-order chi connectivity index (χ0) is 11.5. The van der Waals surface area contributed by atoms with Crippen LogP contribution in [0.4, 0.5) is 0 Å². The molecule has 2 nitrogen and oxygen atoms in total. The van der Waals surface area contributed by atoms with Gasteiger partial charge in [-0.1, -0.05) is 19.1 Å². The Morgan fingerprint density at radius 2 is 2.00 bits per heavy atom. The van der Waals surface area contributed by atoms with Crippen LogP contribution in [0.15, 0.2) is 29.8 Å². The summed E-state index contributed by atoms with van der Waals surface area (Å²) < 4.78 is 0. The number of carbonyl (C=O) groups excluding carboxylic acids is 1. The Kier molecular flexibility index (Phi) is 3.09. The number of ketones is 1. The molecule has 2 rings (SSSR count). The van der Waals surface area contributed by atoms with E-state index < -0.39 is 0 Å². The molecule has 1 unspecified atom stereocenters. The van der Waals surface area contributed by atoms with Gasteiger partial charge in [-0.25, -0.2) is 0 Å². The molecule has 0 saturated heterocycles. The summed E-state index contributed by atoms with van der Waals surface area (Å²) in [6.07, 6.45) is 4.92. The van der Waals surface area contributed by atoms with Gasteiger partial charge in [0.25, 0.3) is 0 Å². The van der Waals surface area contributed by atoms with Crippen molar-refractivity contribution in [2.45, 2.75) is 26.2 Å². The molecule has 1 aliphatic rings. The maximum atomic E-state index is 11.9. The number of hydrogen-bond donors (Lipinski definition) is 1. The quantitative estimate of drug-likeness (QED) is 0.732. The van der Waals surface area contributed by atoms with Crippen LogP contribution in [0.5, 0.6) is 5.75 Å². The van der Waals surface area contributed by atoms with Crippen molar-refractivity contribution in [1.29, 1.82) is 0 Å². The molecule has 0 aliphatic heterocycles. The molecule has 0 bridgehead atoms. The topological polar surface area (TPSA) is 37.3 Å². The molecule has 1 saturated carbocycles. The zero-order valence-electron chi connectivity index (χ0n) is 9.44. The van der Waals surface area contributed by atoms with E-state index in [0.717, 1.165) is 30.4 Å². The summed E-state index contributed by atoms with van der Waals surface area (Å²) in [4.78, 5) is 11.9. The highest BCUT2D eigenvalue weighted by atomic mass is 16.3. The molecule has 16 heavy (non-hydrogen) atoms. The van der Waals surface area contributed by atoms with E-state index in [-0.39, 0.29) is 17.5 Å². The Bertz CT molecular complexity index is 415. The number of benzene rings is 1. The number of carbonyl (C=O) groups is 1. The van der Waals surface area contributed by atoms with Crippen LogP contribution in [0, 0.1) is 5.92 Å². The molecule has 2 heteroatoms. The maximum Gasteiger partial charge on any atom is 0.161 e. The Morgan fingerprint density at radius 3 is 2.69 bits per heavy atom. The fourth-order valence-corrected chi connectivity index (χ4v) is 2.08. The highest BCUT2D eigenvalue weighted by Gasteiger charge is 2.22. The highest BCUT2D eigenvalue weighted by molar-refractivity contribution is 6.01. The summed E-state index contributed by atoms with van der Waals surface area (Å²) in [5.74, 6) is 0.696. The summed E-state index contributed by atoms with van der Waals surface area (Å²) in [5.41, 5.74) is 1.90. The van der Waals surface area contributed by atoms with Gasteiger partial charge in [0, 0.05) is 5.92 Å². The first-order chi connectivity index (χ1) is 7.66. The molecule has 1 fully saturated rings. The molecule has 1 atom stereocenters. The van der Waals surface area contributed by atoms with Crippen molar-refractivity contribution in [3.8, 4) is 5.75 Å². The lowest BCUT2D eigenvalue weighted by atomic mass is 9.84. The second-order valence-electron chi connectivity index (χ2n) is 4.42. The van der Waals surface area contributed by atoms with E-state index in [1.165, 1.54) is 0 Å². The number of phenols is 1. The number of allylic oxidation sites excluding steroid dienone is 1.